The van der Waals surface area contributed by atoms with Gasteiger partial charge in [-0.15, -0.1) is 0 Å². The standard InChI is InChI=1S/C23H29ClFN7O6S2/c1-13(2)32-11-17(18-6-7-26-22(30-18)27-10-14(3)29-23(33)38-4)21(31-32)16-8-15(24)9-19(20(16)25)40(36,37)28-12-39(5,34)35/h6-9,11,13-14,28H,10,12H2,1-5H3,(H,29,33)(H,26,27,30)/t14-/m0/s1. The maximum Gasteiger partial charge on any atom is 0.407 e. The van der Waals surface area contributed by atoms with Gasteiger partial charge in [0.15, 0.2) is 15.7 Å². The molecule has 17 heteroatoms. The number of ether oxygens (including phenoxy) is 1. The van der Waals surface area contributed by atoms with Crippen LogP contribution in [0.25, 0.3) is 22.5 Å². The molecular formula is C23H29ClFN7O6S2. The fourth-order valence-electron chi connectivity index (χ4n) is 3.39. The van der Waals surface area contributed by atoms with Crippen molar-refractivity contribution < 1.29 is 30.8 Å². The number of nitrogens with zero attached hydrogens (tertiary/aromatic N) is 4. The van der Waals surface area contributed by atoms with Crippen molar-refractivity contribution in [3.8, 4) is 22.5 Å². The molecule has 0 spiro atoms. The van der Waals surface area contributed by atoms with Gasteiger partial charge in [-0.2, -0.15) is 9.82 Å². The van der Waals surface area contributed by atoms with Crippen LogP contribution in [0.3, 0.4) is 0 Å². The second kappa shape index (κ2) is 12.4. The van der Waals surface area contributed by atoms with E-state index in [2.05, 4.69) is 30.4 Å². The van der Waals surface area contributed by atoms with E-state index in [0.29, 0.717) is 11.3 Å². The first-order valence-corrected chi connectivity index (χ1v) is 15.7. The van der Waals surface area contributed by atoms with Gasteiger partial charge >= 0.3 is 6.09 Å². The maximum absolute atomic E-state index is 15.8. The number of hydrogen-bond donors (Lipinski definition) is 3. The summed E-state index contributed by atoms with van der Waals surface area (Å²) in [5, 5.41) is 9.97. The molecule has 0 bridgehead atoms. The Morgan fingerprint density at radius 1 is 1.18 bits per heavy atom. The number of methoxy groups -OCH3 is 1. The number of hydrogen-bond acceptors (Lipinski definition) is 10. The number of anilines is 1. The van der Waals surface area contributed by atoms with Crippen LogP contribution in [0.4, 0.5) is 15.1 Å². The molecule has 0 aliphatic heterocycles. The van der Waals surface area contributed by atoms with Crippen LogP contribution >= 0.6 is 11.6 Å². The van der Waals surface area contributed by atoms with E-state index in [1.54, 1.807) is 23.9 Å². The molecule has 0 unspecified atom stereocenters. The summed E-state index contributed by atoms with van der Waals surface area (Å²) >= 11 is 6.19. The van der Waals surface area contributed by atoms with Gasteiger partial charge in [0.1, 0.15) is 16.5 Å². The molecule has 0 aliphatic carbocycles. The molecule has 0 radical (unpaired) electrons. The molecule has 1 amide bonds. The van der Waals surface area contributed by atoms with Crippen molar-refractivity contribution in [3.63, 3.8) is 0 Å². The molecule has 0 fully saturated rings. The van der Waals surface area contributed by atoms with Crippen molar-refractivity contribution >= 4 is 43.5 Å². The Labute approximate surface area is 236 Å². The summed E-state index contributed by atoms with van der Waals surface area (Å²) in [5.74, 6) is -1.89. The van der Waals surface area contributed by atoms with Crippen LogP contribution in [0.1, 0.15) is 26.8 Å². The van der Waals surface area contributed by atoms with E-state index in [-0.39, 0.29) is 40.9 Å². The van der Waals surface area contributed by atoms with Gasteiger partial charge in [0.2, 0.25) is 16.0 Å². The van der Waals surface area contributed by atoms with Gasteiger partial charge in [-0.25, -0.2) is 36.0 Å². The van der Waals surface area contributed by atoms with Gasteiger partial charge in [0, 0.05) is 53.4 Å². The third-order valence-corrected chi connectivity index (χ3v) is 7.84. The maximum atomic E-state index is 15.8. The Morgan fingerprint density at radius 2 is 1.88 bits per heavy atom. The lowest BCUT2D eigenvalue weighted by Crippen LogP contribution is -2.37. The number of alkyl carbamates (subject to hydrolysis) is 1. The average Bonchev–Trinajstić information content (AvgIpc) is 3.33. The van der Waals surface area contributed by atoms with Crippen molar-refractivity contribution in [2.24, 2.45) is 0 Å². The highest BCUT2D eigenvalue weighted by Crippen LogP contribution is 2.36. The Balaban J connectivity index is 2.06. The quantitative estimate of drug-likeness (QED) is 0.290. The van der Waals surface area contributed by atoms with Crippen molar-refractivity contribution in [3.05, 3.63) is 41.4 Å². The summed E-state index contributed by atoms with van der Waals surface area (Å²) in [6.07, 6.45) is 3.34. The molecule has 1 aromatic carbocycles. The zero-order chi connectivity index (χ0) is 29.8. The van der Waals surface area contributed by atoms with Crippen LogP contribution in [0.2, 0.25) is 5.02 Å². The number of benzene rings is 1. The minimum atomic E-state index is -4.59. The molecule has 1 atom stereocenters. The SMILES string of the molecule is COC(=O)N[C@@H](C)CNc1nccc(-c2cn(C(C)C)nc2-c2cc(Cl)cc(S(=O)(=O)NCS(C)(=O)=O)c2F)n1. The van der Waals surface area contributed by atoms with Gasteiger partial charge < -0.3 is 15.4 Å². The summed E-state index contributed by atoms with van der Waals surface area (Å²) in [5.41, 5.74) is 0.518. The number of aromatic nitrogens is 4. The van der Waals surface area contributed by atoms with Crippen LogP contribution in [0, 0.1) is 5.82 Å². The molecule has 40 heavy (non-hydrogen) atoms. The number of carbonyl (C=O) groups is 1. The molecule has 13 nitrogen and oxygen atoms in total. The number of amides is 1. The van der Waals surface area contributed by atoms with E-state index in [1.807, 2.05) is 18.6 Å². The van der Waals surface area contributed by atoms with E-state index in [4.69, 9.17) is 11.6 Å². The van der Waals surface area contributed by atoms with Crippen molar-refractivity contribution in [2.75, 3.05) is 31.1 Å². The number of nitrogens with one attached hydrogen (secondary N) is 3. The minimum Gasteiger partial charge on any atom is -0.453 e. The van der Waals surface area contributed by atoms with E-state index in [9.17, 15) is 21.6 Å². The topological polar surface area (TPSA) is 174 Å². The predicted octanol–water partition coefficient (Wildman–Crippen LogP) is 2.82. The summed E-state index contributed by atoms with van der Waals surface area (Å²) in [6, 6.07) is 3.21. The van der Waals surface area contributed by atoms with Crippen LogP contribution in [-0.4, -0.2) is 74.5 Å². The molecule has 0 saturated carbocycles. The number of carbonyl (C=O) groups excluding carboxylic acids is 1. The highest BCUT2D eigenvalue weighted by molar-refractivity contribution is 7.93. The molecule has 3 rings (SSSR count). The molecule has 3 N–H and O–H groups in total. The van der Waals surface area contributed by atoms with E-state index in [0.717, 1.165) is 12.3 Å². The lowest BCUT2D eigenvalue weighted by molar-refractivity contribution is 0.168. The van der Waals surface area contributed by atoms with E-state index in [1.165, 1.54) is 19.4 Å². The first kappa shape index (κ1) is 31.2. The highest BCUT2D eigenvalue weighted by Gasteiger charge is 2.27. The fraction of sp³-hybridized carbons (Fsp3) is 0.391. The summed E-state index contributed by atoms with van der Waals surface area (Å²) in [6.45, 7) is 5.71. The molecule has 0 saturated heterocycles. The summed E-state index contributed by atoms with van der Waals surface area (Å²) < 4.78 is 72.4. The summed E-state index contributed by atoms with van der Waals surface area (Å²) in [4.78, 5) is 19.2. The molecular weight excluding hydrogens is 589 g/mol. The number of rotatable bonds is 11. The van der Waals surface area contributed by atoms with Gasteiger partial charge in [0.05, 0.1) is 12.8 Å². The average molecular weight is 618 g/mol. The fourth-order valence-corrected chi connectivity index (χ4v) is 5.93. The Kier molecular flexibility index (Phi) is 9.71. The van der Waals surface area contributed by atoms with Gasteiger partial charge in [-0.3, -0.25) is 4.68 Å². The number of halogens is 2. The van der Waals surface area contributed by atoms with Gasteiger partial charge in [-0.05, 0) is 39.0 Å². The number of sulfonamides is 1. The second-order valence-electron chi connectivity index (χ2n) is 9.13. The largest absolute Gasteiger partial charge is 0.453 e. The second-order valence-corrected chi connectivity index (χ2v) is 13.4. The van der Waals surface area contributed by atoms with E-state index >= 15 is 4.39 Å². The highest BCUT2D eigenvalue weighted by atomic mass is 35.5. The first-order valence-electron chi connectivity index (χ1n) is 11.8. The molecule has 2 heterocycles. The lowest BCUT2D eigenvalue weighted by atomic mass is 10.1. The van der Waals surface area contributed by atoms with Crippen LogP contribution in [0.15, 0.2) is 35.5 Å². The zero-order valence-corrected chi connectivity index (χ0v) is 24.7. The van der Waals surface area contributed by atoms with Crippen LogP contribution in [-0.2, 0) is 24.6 Å². The van der Waals surface area contributed by atoms with Crippen molar-refractivity contribution in [2.45, 2.75) is 37.8 Å². The smallest absolute Gasteiger partial charge is 0.407 e. The predicted molar refractivity (Wildman–Crippen MR) is 148 cm³/mol. The first-order chi connectivity index (χ1) is 18.6. The summed E-state index contributed by atoms with van der Waals surface area (Å²) in [7, 11) is -7.07. The van der Waals surface area contributed by atoms with Crippen LogP contribution in [0.5, 0.6) is 0 Å². The Hall–Kier alpha value is -3.34. The Bertz CT molecular complexity index is 1610. The molecule has 3 aromatic rings. The van der Waals surface area contributed by atoms with Gasteiger partial charge in [0.25, 0.3) is 0 Å². The molecule has 0 aliphatic rings. The Morgan fingerprint density at radius 3 is 2.50 bits per heavy atom. The normalized spacial score (nSPS) is 12.8. The van der Waals surface area contributed by atoms with Gasteiger partial charge in [-0.1, -0.05) is 11.6 Å². The van der Waals surface area contributed by atoms with Crippen molar-refractivity contribution in [1.29, 1.82) is 0 Å². The third kappa shape index (κ3) is 7.87. The van der Waals surface area contributed by atoms with Crippen LogP contribution < -0.4 is 15.4 Å². The lowest BCUT2D eigenvalue weighted by Gasteiger charge is -2.14. The molecule has 2 aromatic heterocycles. The van der Waals surface area contributed by atoms with Crippen molar-refractivity contribution in [1.82, 2.24) is 29.8 Å². The minimum absolute atomic E-state index is 0.0543. The molecule has 218 valence electrons. The monoisotopic (exact) mass is 617 g/mol. The van der Waals surface area contributed by atoms with E-state index < -0.39 is 42.5 Å². The zero-order valence-electron chi connectivity index (χ0n) is 22.3. The number of sulfone groups is 1. The third-order valence-electron chi connectivity index (χ3n) is 5.37.